The molecule has 0 saturated heterocycles. The number of nitrogen functional groups attached to an aromatic ring is 1. The molecule has 3 N–H and O–H groups in total. The van der Waals surface area contributed by atoms with Crippen molar-refractivity contribution in [2.75, 3.05) is 11.1 Å². The van der Waals surface area contributed by atoms with Crippen LogP contribution in [-0.4, -0.2) is 15.5 Å². The highest BCUT2D eigenvalue weighted by molar-refractivity contribution is 5.56. The first-order valence-corrected chi connectivity index (χ1v) is 4.94. The Hall–Kier alpha value is -1.32. The number of hydrogen-bond donors (Lipinski definition) is 2. The van der Waals surface area contributed by atoms with Gasteiger partial charge >= 0.3 is 0 Å². The number of anilines is 2. The monoisotopic (exact) mass is 192 g/mol. The second kappa shape index (κ2) is 3.12. The number of aromatic nitrogens is 2. The van der Waals surface area contributed by atoms with Crippen LogP contribution in [-0.2, 0) is 0 Å². The van der Waals surface area contributed by atoms with Gasteiger partial charge in [0.15, 0.2) is 11.6 Å². The number of hydrogen-bond acceptors (Lipinski definition) is 4. The van der Waals surface area contributed by atoms with Crippen LogP contribution < -0.4 is 11.1 Å². The minimum atomic E-state index is 0.0736. The van der Waals surface area contributed by atoms with Crippen LogP contribution in [0.5, 0.6) is 0 Å². The zero-order valence-electron chi connectivity index (χ0n) is 8.62. The summed E-state index contributed by atoms with van der Waals surface area (Å²) in [7, 11) is 0. The van der Waals surface area contributed by atoms with E-state index in [1.54, 1.807) is 12.4 Å². The lowest BCUT2D eigenvalue weighted by Gasteiger charge is -2.27. The molecule has 0 unspecified atom stereocenters. The van der Waals surface area contributed by atoms with E-state index in [2.05, 4.69) is 29.1 Å². The lowest BCUT2D eigenvalue weighted by molar-refractivity contribution is 0.492. The first-order chi connectivity index (χ1) is 6.59. The quantitative estimate of drug-likeness (QED) is 0.764. The highest BCUT2D eigenvalue weighted by atomic mass is 15.1. The van der Waals surface area contributed by atoms with Crippen molar-refractivity contribution in [2.24, 2.45) is 5.92 Å². The van der Waals surface area contributed by atoms with Gasteiger partial charge in [-0.3, -0.25) is 0 Å². The summed E-state index contributed by atoms with van der Waals surface area (Å²) < 4.78 is 0. The minimum Gasteiger partial charge on any atom is -0.381 e. The van der Waals surface area contributed by atoms with Crippen LogP contribution >= 0.6 is 0 Å². The molecular formula is C10H16N4. The normalized spacial score (nSPS) is 16.7. The van der Waals surface area contributed by atoms with Crippen molar-refractivity contribution < 1.29 is 0 Å². The maximum absolute atomic E-state index is 5.71. The Morgan fingerprint density at radius 2 is 2.00 bits per heavy atom. The molecule has 1 heterocycles. The van der Waals surface area contributed by atoms with E-state index in [1.165, 1.54) is 12.8 Å². The van der Waals surface area contributed by atoms with Crippen molar-refractivity contribution in [1.29, 1.82) is 0 Å². The summed E-state index contributed by atoms with van der Waals surface area (Å²) in [6, 6.07) is 0. The lowest BCUT2D eigenvalue weighted by atomic mass is 9.99. The van der Waals surface area contributed by atoms with Gasteiger partial charge < -0.3 is 11.1 Å². The smallest absolute Gasteiger partial charge is 0.169 e. The van der Waals surface area contributed by atoms with Crippen molar-refractivity contribution in [3.63, 3.8) is 0 Å². The molecular weight excluding hydrogens is 176 g/mol. The van der Waals surface area contributed by atoms with Crippen molar-refractivity contribution in [2.45, 2.75) is 32.2 Å². The van der Waals surface area contributed by atoms with Gasteiger partial charge in [-0.25, -0.2) is 9.97 Å². The van der Waals surface area contributed by atoms with Crippen LogP contribution in [0.3, 0.4) is 0 Å². The fraction of sp³-hybridized carbons (Fsp3) is 0.600. The molecule has 1 aromatic rings. The SMILES string of the molecule is CC(C)(Nc1nccnc1N)C1CC1. The van der Waals surface area contributed by atoms with Crippen molar-refractivity contribution in [1.82, 2.24) is 9.97 Å². The van der Waals surface area contributed by atoms with Crippen LogP contribution in [0.2, 0.25) is 0 Å². The van der Waals surface area contributed by atoms with E-state index in [-0.39, 0.29) is 5.54 Å². The summed E-state index contributed by atoms with van der Waals surface area (Å²) >= 11 is 0. The van der Waals surface area contributed by atoms with Crippen molar-refractivity contribution in [3.05, 3.63) is 12.4 Å². The van der Waals surface area contributed by atoms with E-state index in [0.717, 1.165) is 5.92 Å². The van der Waals surface area contributed by atoms with Gasteiger partial charge in [-0.15, -0.1) is 0 Å². The first-order valence-electron chi connectivity index (χ1n) is 4.94. The maximum atomic E-state index is 5.71. The van der Waals surface area contributed by atoms with Gasteiger partial charge in [0, 0.05) is 17.9 Å². The Morgan fingerprint density at radius 1 is 1.36 bits per heavy atom. The average Bonchev–Trinajstić information content (AvgIpc) is 2.91. The first kappa shape index (κ1) is 9.24. The van der Waals surface area contributed by atoms with Gasteiger partial charge in [0.05, 0.1) is 0 Å². The standard InChI is InChI=1S/C10H16N4/c1-10(2,7-3-4-7)14-9-8(11)12-5-6-13-9/h5-7H,3-4H2,1-2H3,(H2,11,12)(H,13,14). The zero-order valence-corrected chi connectivity index (χ0v) is 8.62. The molecule has 1 saturated carbocycles. The zero-order chi connectivity index (χ0) is 10.2. The summed E-state index contributed by atoms with van der Waals surface area (Å²) in [5, 5.41) is 3.35. The van der Waals surface area contributed by atoms with Crippen molar-refractivity contribution >= 4 is 11.6 Å². The Morgan fingerprint density at radius 3 is 2.57 bits per heavy atom. The van der Waals surface area contributed by atoms with E-state index in [0.29, 0.717) is 11.6 Å². The molecule has 1 aromatic heterocycles. The third-order valence-electron chi connectivity index (χ3n) is 2.77. The van der Waals surface area contributed by atoms with Gasteiger partial charge in [-0.2, -0.15) is 0 Å². The van der Waals surface area contributed by atoms with E-state index < -0.39 is 0 Å². The Bertz CT molecular complexity index is 331. The van der Waals surface area contributed by atoms with E-state index in [4.69, 9.17) is 5.73 Å². The number of nitrogens with one attached hydrogen (secondary N) is 1. The van der Waals surface area contributed by atoms with Crippen LogP contribution in [0, 0.1) is 5.92 Å². The predicted molar refractivity (Wildman–Crippen MR) is 56.9 cm³/mol. The summed E-state index contributed by atoms with van der Waals surface area (Å²) in [4.78, 5) is 8.17. The topological polar surface area (TPSA) is 63.8 Å². The molecule has 1 aliphatic carbocycles. The largest absolute Gasteiger partial charge is 0.381 e. The fourth-order valence-electron chi connectivity index (χ4n) is 1.66. The van der Waals surface area contributed by atoms with Crippen molar-refractivity contribution in [3.8, 4) is 0 Å². The Kier molecular flexibility index (Phi) is 2.06. The van der Waals surface area contributed by atoms with Gasteiger partial charge in [0.1, 0.15) is 0 Å². The van der Waals surface area contributed by atoms with Crippen LogP contribution in [0.25, 0.3) is 0 Å². The molecule has 1 fully saturated rings. The lowest BCUT2D eigenvalue weighted by Crippen LogP contribution is -2.34. The van der Waals surface area contributed by atoms with Gasteiger partial charge in [0.25, 0.3) is 0 Å². The summed E-state index contributed by atoms with van der Waals surface area (Å²) in [5.41, 5.74) is 5.79. The predicted octanol–water partition coefficient (Wildman–Crippen LogP) is 1.66. The Balaban J connectivity index is 2.13. The summed E-state index contributed by atoms with van der Waals surface area (Å²) in [5.74, 6) is 1.91. The molecule has 1 aliphatic rings. The molecule has 14 heavy (non-hydrogen) atoms. The third-order valence-corrected chi connectivity index (χ3v) is 2.77. The molecule has 0 spiro atoms. The van der Waals surface area contributed by atoms with E-state index in [1.807, 2.05) is 0 Å². The second-order valence-electron chi connectivity index (χ2n) is 4.41. The fourth-order valence-corrected chi connectivity index (χ4v) is 1.66. The Labute approximate surface area is 83.9 Å². The van der Waals surface area contributed by atoms with E-state index >= 15 is 0 Å². The molecule has 4 nitrogen and oxygen atoms in total. The molecule has 76 valence electrons. The number of nitrogens with two attached hydrogens (primary N) is 1. The second-order valence-corrected chi connectivity index (χ2v) is 4.41. The maximum Gasteiger partial charge on any atom is 0.169 e. The summed E-state index contributed by atoms with van der Waals surface area (Å²) in [6.45, 7) is 4.36. The highest BCUT2D eigenvalue weighted by Gasteiger charge is 2.38. The summed E-state index contributed by atoms with van der Waals surface area (Å²) in [6.07, 6.45) is 5.84. The van der Waals surface area contributed by atoms with Gasteiger partial charge in [0.2, 0.25) is 0 Å². The van der Waals surface area contributed by atoms with Gasteiger partial charge in [-0.05, 0) is 32.6 Å². The van der Waals surface area contributed by atoms with Crippen LogP contribution in [0.1, 0.15) is 26.7 Å². The molecule has 2 rings (SSSR count). The molecule has 4 heteroatoms. The number of rotatable bonds is 3. The molecule has 0 atom stereocenters. The molecule has 0 amide bonds. The third kappa shape index (κ3) is 1.78. The average molecular weight is 192 g/mol. The van der Waals surface area contributed by atoms with Crippen LogP contribution in [0.4, 0.5) is 11.6 Å². The van der Waals surface area contributed by atoms with E-state index in [9.17, 15) is 0 Å². The molecule has 0 radical (unpaired) electrons. The molecule has 0 aromatic carbocycles. The molecule has 0 bridgehead atoms. The molecule has 0 aliphatic heterocycles. The highest BCUT2D eigenvalue weighted by Crippen LogP contribution is 2.41. The number of nitrogens with zero attached hydrogens (tertiary/aromatic N) is 2. The van der Waals surface area contributed by atoms with Gasteiger partial charge in [-0.1, -0.05) is 0 Å². The van der Waals surface area contributed by atoms with Crippen LogP contribution in [0.15, 0.2) is 12.4 Å². The minimum absolute atomic E-state index is 0.0736.